The average Bonchev–Trinajstić information content (AvgIpc) is 2.47. The zero-order valence-electron chi connectivity index (χ0n) is 9.84. The van der Waals surface area contributed by atoms with E-state index in [0.29, 0.717) is 11.8 Å². The van der Waals surface area contributed by atoms with E-state index in [0.717, 1.165) is 12.8 Å². The zero-order chi connectivity index (χ0) is 10.4. The SMILES string of the molecule is CCC(CC)C(O)C1CCCCCC1. The van der Waals surface area contributed by atoms with Crippen molar-refractivity contribution in [3.05, 3.63) is 0 Å². The van der Waals surface area contributed by atoms with Gasteiger partial charge in [-0.1, -0.05) is 52.4 Å². The van der Waals surface area contributed by atoms with Gasteiger partial charge in [0, 0.05) is 0 Å². The van der Waals surface area contributed by atoms with Crippen LogP contribution in [-0.4, -0.2) is 11.2 Å². The molecular weight excluding hydrogens is 172 g/mol. The molecule has 0 radical (unpaired) electrons. The summed E-state index contributed by atoms with van der Waals surface area (Å²) in [5.74, 6) is 1.14. The lowest BCUT2D eigenvalue weighted by Gasteiger charge is -2.27. The predicted octanol–water partition coefficient (Wildman–Crippen LogP) is 3.75. The van der Waals surface area contributed by atoms with Crippen molar-refractivity contribution in [1.29, 1.82) is 0 Å². The lowest BCUT2D eigenvalue weighted by atomic mass is 9.83. The molecule has 0 aromatic heterocycles. The van der Waals surface area contributed by atoms with E-state index in [9.17, 15) is 5.11 Å². The first-order valence-corrected chi connectivity index (χ1v) is 6.47. The second-order valence-corrected chi connectivity index (χ2v) is 4.82. The Kier molecular flexibility index (Phi) is 5.54. The van der Waals surface area contributed by atoms with E-state index in [-0.39, 0.29) is 6.10 Å². The van der Waals surface area contributed by atoms with E-state index in [1.165, 1.54) is 38.5 Å². The second-order valence-electron chi connectivity index (χ2n) is 4.82. The minimum Gasteiger partial charge on any atom is -0.393 e. The largest absolute Gasteiger partial charge is 0.393 e. The van der Waals surface area contributed by atoms with E-state index in [2.05, 4.69) is 13.8 Å². The molecule has 1 heteroatoms. The van der Waals surface area contributed by atoms with Crippen LogP contribution in [0.1, 0.15) is 65.2 Å². The molecule has 0 spiro atoms. The molecule has 0 amide bonds. The second kappa shape index (κ2) is 6.44. The molecule has 0 aliphatic heterocycles. The van der Waals surface area contributed by atoms with Gasteiger partial charge in [0.2, 0.25) is 0 Å². The van der Waals surface area contributed by atoms with Crippen molar-refractivity contribution in [2.45, 2.75) is 71.3 Å². The van der Waals surface area contributed by atoms with Gasteiger partial charge in [0.15, 0.2) is 0 Å². The maximum atomic E-state index is 10.3. The zero-order valence-corrected chi connectivity index (χ0v) is 9.84. The Balaban J connectivity index is 2.43. The van der Waals surface area contributed by atoms with E-state index in [1.807, 2.05) is 0 Å². The van der Waals surface area contributed by atoms with Gasteiger partial charge in [0.25, 0.3) is 0 Å². The summed E-state index contributed by atoms with van der Waals surface area (Å²) in [6.45, 7) is 4.40. The molecule has 1 rings (SSSR count). The molecule has 0 saturated heterocycles. The third kappa shape index (κ3) is 3.27. The highest BCUT2D eigenvalue weighted by Crippen LogP contribution is 2.30. The summed E-state index contributed by atoms with van der Waals surface area (Å²) in [4.78, 5) is 0. The van der Waals surface area contributed by atoms with Gasteiger partial charge in [-0.15, -0.1) is 0 Å². The molecule has 1 unspecified atom stereocenters. The number of hydrogen-bond acceptors (Lipinski definition) is 1. The number of hydrogen-bond donors (Lipinski definition) is 1. The maximum absolute atomic E-state index is 10.3. The van der Waals surface area contributed by atoms with Gasteiger partial charge in [-0.3, -0.25) is 0 Å². The van der Waals surface area contributed by atoms with Crippen molar-refractivity contribution in [3.8, 4) is 0 Å². The molecule has 14 heavy (non-hydrogen) atoms. The predicted molar refractivity (Wildman–Crippen MR) is 61.3 cm³/mol. The van der Waals surface area contributed by atoms with Crippen molar-refractivity contribution in [1.82, 2.24) is 0 Å². The maximum Gasteiger partial charge on any atom is 0.0596 e. The minimum absolute atomic E-state index is 0.0249. The van der Waals surface area contributed by atoms with Crippen LogP contribution in [0, 0.1) is 11.8 Å². The normalized spacial score (nSPS) is 22.3. The lowest BCUT2D eigenvalue weighted by Crippen LogP contribution is -2.28. The lowest BCUT2D eigenvalue weighted by molar-refractivity contribution is 0.0396. The Morgan fingerprint density at radius 1 is 1.00 bits per heavy atom. The molecule has 1 aliphatic rings. The Bertz CT molecular complexity index is 132. The van der Waals surface area contributed by atoms with Crippen LogP contribution in [-0.2, 0) is 0 Å². The van der Waals surface area contributed by atoms with Crippen LogP contribution in [0.15, 0.2) is 0 Å². The van der Waals surface area contributed by atoms with Crippen molar-refractivity contribution < 1.29 is 5.11 Å². The Morgan fingerprint density at radius 3 is 1.93 bits per heavy atom. The highest BCUT2D eigenvalue weighted by Gasteiger charge is 2.25. The van der Waals surface area contributed by atoms with Crippen molar-refractivity contribution in [2.75, 3.05) is 0 Å². The van der Waals surface area contributed by atoms with Crippen LogP contribution in [0.2, 0.25) is 0 Å². The molecule has 0 aromatic carbocycles. The molecule has 1 fully saturated rings. The van der Waals surface area contributed by atoms with Crippen LogP contribution >= 0.6 is 0 Å². The van der Waals surface area contributed by atoms with Gasteiger partial charge in [0.05, 0.1) is 6.10 Å². The Hall–Kier alpha value is -0.0400. The highest BCUT2D eigenvalue weighted by molar-refractivity contribution is 4.77. The summed E-state index contributed by atoms with van der Waals surface area (Å²) in [6, 6.07) is 0. The molecule has 1 nitrogen and oxygen atoms in total. The standard InChI is InChI=1S/C13H26O/c1-3-11(4-2)13(14)12-9-7-5-6-8-10-12/h11-14H,3-10H2,1-2H3. The Morgan fingerprint density at radius 2 is 1.50 bits per heavy atom. The fourth-order valence-corrected chi connectivity index (χ4v) is 2.81. The molecule has 1 N–H and O–H groups in total. The van der Waals surface area contributed by atoms with Gasteiger partial charge < -0.3 is 5.11 Å². The van der Waals surface area contributed by atoms with Gasteiger partial charge in [-0.05, 0) is 24.7 Å². The average molecular weight is 198 g/mol. The first kappa shape index (κ1) is 12.0. The van der Waals surface area contributed by atoms with Crippen LogP contribution < -0.4 is 0 Å². The molecule has 1 atom stereocenters. The number of aliphatic hydroxyl groups excluding tert-OH is 1. The van der Waals surface area contributed by atoms with E-state index < -0.39 is 0 Å². The number of rotatable bonds is 4. The first-order chi connectivity index (χ1) is 6.79. The van der Waals surface area contributed by atoms with Gasteiger partial charge in [-0.2, -0.15) is 0 Å². The Labute approximate surface area is 88.9 Å². The third-order valence-corrected chi connectivity index (χ3v) is 3.91. The molecule has 1 aliphatic carbocycles. The number of aliphatic hydroxyl groups is 1. The fraction of sp³-hybridized carbons (Fsp3) is 1.00. The smallest absolute Gasteiger partial charge is 0.0596 e. The van der Waals surface area contributed by atoms with Crippen molar-refractivity contribution >= 4 is 0 Å². The van der Waals surface area contributed by atoms with E-state index in [4.69, 9.17) is 0 Å². The van der Waals surface area contributed by atoms with E-state index in [1.54, 1.807) is 0 Å². The van der Waals surface area contributed by atoms with Gasteiger partial charge in [0.1, 0.15) is 0 Å². The molecule has 0 aromatic rings. The van der Waals surface area contributed by atoms with Crippen molar-refractivity contribution in [2.24, 2.45) is 11.8 Å². The quantitative estimate of drug-likeness (QED) is 0.682. The van der Waals surface area contributed by atoms with Crippen LogP contribution in [0.25, 0.3) is 0 Å². The topological polar surface area (TPSA) is 20.2 Å². The minimum atomic E-state index is -0.0249. The molecule has 0 bridgehead atoms. The summed E-state index contributed by atoms with van der Waals surface area (Å²) in [7, 11) is 0. The third-order valence-electron chi connectivity index (χ3n) is 3.91. The van der Waals surface area contributed by atoms with Crippen LogP contribution in [0.4, 0.5) is 0 Å². The van der Waals surface area contributed by atoms with E-state index >= 15 is 0 Å². The van der Waals surface area contributed by atoms with Crippen LogP contribution in [0.3, 0.4) is 0 Å². The molecular formula is C13H26O. The summed E-state index contributed by atoms with van der Waals surface area (Å²) >= 11 is 0. The van der Waals surface area contributed by atoms with Gasteiger partial charge in [-0.25, -0.2) is 0 Å². The molecule has 0 heterocycles. The highest BCUT2D eigenvalue weighted by atomic mass is 16.3. The fourth-order valence-electron chi connectivity index (χ4n) is 2.81. The summed E-state index contributed by atoms with van der Waals surface area (Å²) < 4.78 is 0. The molecule has 1 saturated carbocycles. The molecule has 84 valence electrons. The monoisotopic (exact) mass is 198 g/mol. The summed E-state index contributed by atoms with van der Waals surface area (Å²) in [5.41, 5.74) is 0. The van der Waals surface area contributed by atoms with Crippen LogP contribution in [0.5, 0.6) is 0 Å². The van der Waals surface area contributed by atoms with Crippen molar-refractivity contribution in [3.63, 3.8) is 0 Å². The summed E-state index contributed by atoms with van der Waals surface area (Å²) in [6.07, 6.45) is 10.2. The summed E-state index contributed by atoms with van der Waals surface area (Å²) in [5, 5.41) is 10.3. The van der Waals surface area contributed by atoms with Gasteiger partial charge >= 0.3 is 0 Å². The first-order valence-electron chi connectivity index (χ1n) is 6.47.